The van der Waals surface area contributed by atoms with Gasteiger partial charge in [-0.15, -0.1) is 10.2 Å². The molecule has 2 rings (SSSR count). The fourth-order valence-electron chi connectivity index (χ4n) is 1.94. The number of rotatable bonds is 5. The van der Waals surface area contributed by atoms with Crippen molar-refractivity contribution in [2.24, 2.45) is 0 Å². The van der Waals surface area contributed by atoms with E-state index in [0.717, 1.165) is 12.1 Å². The van der Waals surface area contributed by atoms with E-state index in [-0.39, 0.29) is 11.9 Å². The van der Waals surface area contributed by atoms with Crippen LogP contribution in [-0.2, 0) is 0 Å². The van der Waals surface area contributed by atoms with E-state index in [2.05, 4.69) is 20.8 Å². The molecular formula is C16H20N4O. The van der Waals surface area contributed by atoms with Gasteiger partial charge in [0, 0.05) is 6.54 Å². The molecule has 0 aliphatic rings. The third-order valence-corrected chi connectivity index (χ3v) is 3.18. The molecule has 0 bridgehead atoms. The smallest absolute Gasteiger partial charge is 0.272 e. The van der Waals surface area contributed by atoms with Crippen LogP contribution >= 0.6 is 0 Å². The summed E-state index contributed by atoms with van der Waals surface area (Å²) in [6.07, 6.45) is 0. The van der Waals surface area contributed by atoms with Gasteiger partial charge < -0.3 is 10.6 Å². The Kier molecular flexibility index (Phi) is 4.87. The average molecular weight is 284 g/mol. The number of aryl methyl sites for hydroxylation is 1. The van der Waals surface area contributed by atoms with Gasteiger partial charge in [-0.05, 0) is 38.5 Å². The normalized spacial score (nSPS) is 11.8. The maximum Gasteiger partial charge on any atom is 0.272 e. The summed E-state index contributed by atoms with van der Waals surface area (Å²) in [5.41, 5.74) is 2.57. The van der Waals surface area contributed by atoms with Gasteiger partial charge in [0.15, 0.2) is 5.69 Å². The molecule has 0 fully saturated rings. The van der Waals surface area contributed by atoms with Crippen molar-refractivity contribution in [3.63, 3.8) is 0 Å². The monoisotopic (exact) mass is 284 g/mol. The van der Waals surface area contributed by atoms with E-state index >= 15 is 0 Å². The van der Waals surface area contributed by atoms with Crippen LogP contribution in [0.1, 0.15) is 41.5 Å². The van der Waals surface area contributed by atoms with Gasteiger partial charge in [0.25, 0.3) is 5.91 Å². The van der Waals surface area contributed by atoms with Gasteiger partial charge in [-0.25, -0.2) is 0 Å². The highest BCUT2D eigenvalue weighted by Crippen LogP contribution is 2.13. The van der Waals surface area contributed by atoms with Crippen LogP contribution in [0.2, 0.25) is 0 Å². The Hall–Kier alpha value is -2.43. The van der Waals surface area contributed by atoms with Gasteiger partial charge in [-0.1, -0.05) is 29.8 Å². The number of carbonyl (C=O) groups excluding carboxylic acids is 1. The number of nitrogens with zero attached hydrogens (tertiary/aromatic N) is 2. The Balaban J connectivity index is 2.01. The second-order valence-corrected chi connectivity index (χ2v) is 4.94. The molecule has 0 spiro atoms. The Morgan fingerprint density at radius 2 is 1.86 bits per heavy atom. The fourth-order valence-corrected chi connectivity index (χ4v) is 1.94. The van der Waals surface area contributed by atoms with Gasteiger partial charge in [-0.2, -0.15) is 0 Å². The standard InChI is InChI=1S/C16H20N4O/c1-4-17-15-10-9-14(19-20-15)16(21)18-12(3)13-7-5-11(2)6-8-13/h5-10,12H,4H2,1-3H3,(H,17,20)(H,18,21). The Morgan fingerprint density at radius 1 is 1.14 bits per heavy atom. The molecule has 5 nitrogen and oxygen atoms in total. The maximum atomic E-state index is 12.1. The molecule has 2 N–H and O–H groups in total. The van der Waals surface area contributed by atoms with Crippen molar-refractivity contribution in [1.82, 2.24) is 15.5 Å². The number of nitrogens with one attached hydrogen (secondary N) is 2. The molecule has 1 amide bonds. The maximum absolute atomic E-state index is 12.1. The minimum absolute atomic E-state index is 0.0756. The second-order valence-electron chi connectivity index (χ2n) is 4.94. The molecule has 2 aromatic rings. The summed E-state index contributed by atoms with van der Waals surface area (Å²) in [5.74, 6) is 0.444. The molecule has 1 atom stereocenters. The van der Waals surface area contributed by atoms with E-state index < -0.39 is 0 Å². The predicted octanol–water partition coefficient (Wildman–Crippen LogP) is 2.71. The van der Waals surface area contributed by atoms with Crippen LogP contribution in [0.3, 0.4) is 0 Å². The second kappa shape index (κ2) is 6.83. The van der Waals surface area contributed by atoms with Gasteiger partial charge in [-0.3, -0.25) is 4.79 Å². The average Bonchev–Trinajstić information content (AvgIpc) is 2.49. The molecule has 1 aromatic heterocycles. The molecule has 0 saturated carbocycles. The topological polar surface area (TPSA) is 66.9 Å². The molecule has 1 aromatic carbocycles. The zero-order valence-corrected chi connectivity index (χ0v) is 12.6. The number of benzene rings is 1. The summed E-state index contributed by atoms with van der Waals surface area (Å²) in [4.78, 5) is 12.1. The Labute approximate surface area is 124 Å². The van der Waals surface area contributed by atoms with Gasteiger partial charge in [0.05, 0.1) is 6.04 Å². The summed E-state index contributed by atoms with van der Waals surface area (Å²) < 4.78 is 0. The van der Waals surface area contributed by atoms with Crippen LogP contribution in [0.15, 0.2) is 36.4 Å². The number of hydrogen-bond acceptors (Lipinski definition) is 4. The largest absolute Gasteiger partial charge is 0.369 e. The zero-order valence-electron chi connectivity index (χ0n) is 12.6. The zero-order chi connectivity index (χ0) is 15.2. The van der Waals surface area contributed by atoms with Crippen LogP contribution in [0, 0.1) is 6.92 Å². The number of carbonyl (C=O) groups is 1. The molecule has 0 aliphatic carbocycles. The lowest BCUT2D eigenvalue weighted by Crippen LogP contribution is -2.27. The molecule has 5 heteroatoms. The third kappa shape index (κ3) is 4.02. The van der Waals surface area contributed by atoms with Gasteiger partial charge in [0.2, 0.25) is 0 Å². The van der Waals surface area contributed by atoms with Gasteiger partial charge in [0.1, 0.15) is 5.82 Å². The summed E-state index contributed by atoms with van der Waals surface area (Å²) in [6.45, 7) is 6.73. The van der Waals surface area contributed by atoms with Crippen LogP contribution in [0.4, 0.5) is 5.82 Å². The third-order valence-electron chi connectivity index (χ3n) is 3.18. The van der Waals surface area contributed by atoms with Crippen molar-refractivity contribution in [1.29, 1.82) is 0 Å². The van der Waals surface area contributed by atoms with Crippen molar-refractivity contribution < 1.29 is 4.79 Å². The minimum atomic E-state index is -0.223. The van der Waals surface area contributed by atoms with Crippen molar-refractivity contribution in [3.8, 4) is 0 Å². The van der Waals surface area contributed by atoms with Crippen LogP contribution in [-0.4, -0.2) is 22.6 Å². The van der Waals surface area contributed by atoms with E-state index in [1.54, 1.807) is 12.1 Å². The van der Waals surface area contributed by atoms with E-state index in [9.17, 15) is 4.79 Å². The van der Waals surface area contributed by atoms with Gasteiger partial charge >= 0.3 is 0 Å². The van der Waals surface area contributed by atoms with E-state index in [1.807, 2.05) is 45.0 Å². The SMILES string of the molecule is CCNc1ccc(C(=O)NC(C)c2ccc(C)cc2)nn1. The lowest BCUT2D eigenvalue weighted by Gasteiger charge is -2.14. The van der Waals surface area contributed by atoms with E-state index in [0.29, 0.717) is 11.5 Å². The molecule has 1 heterocycles. The molecule has 0 saturated heterocycles. The van der Waals surface area contributed by atoms with Crippen molar-refractivity contribution in [2.75, 3.05) is 11.9 Å². The highest BCUT2D eigenvalue weighted by atomic mass is 16.2. The number of anilines is 1. The molecule has 0 radical (unpaired) electrons. The molecule has 1 unspecified atom stereocenters. The Bertz CT molecular complexity index is 593. The summed E-state index contributed by atoms with van der Waals surface area (Å²) in [5, 5.41) is 13.9. The quantitative estimate of drug-likeness (QED) is 0.886. The molecule has 0 aliphatic heterocycles. The highest BCUT2D eigenvalue weighted by molar-refractivity contribution is 5.92. The lowest BCUT2D eigenvalue weighted by atomic mass is 10.1. The van der Waals surface area contributed by atoms with Crippen molar-refractivity contribution >= 4 is 11.7 Å². The van der Waals surface area contributed by atoms with Crippen LogP contribution in [0.5, 0.6) is 0 Å². The summed E-state index contributed by atoms with van der Waals surface area (Å²) >= 11 is 0. The first-order valence-corrected chi connectivity index (χ1v) is 7.05. The summed E-state index contributed by atoms with van der Waals surface area (Å²) in [7, 11) is 0. The first-order chi connectivity index (χ1) is 10.1. The van der Waals surface area contributed by atoms with Crippen LogP contribution in [0.25, 0.3) is 0 Å². The highest BCUT2D eigenvalue weighted by Gasteiger charge is 2.13. The minimum Gasteiger partial charge on any atom is -0.369 e. The van der Waals surface area contributed by atoms with Crippen LogP contribution < -0.4 is 10.6 Å². The van der Waals surface area contributed by atoms with Crippen molar-refractivity contribution in [2.45, 2.75) is 26.8 Å². The lowest BCUT2D eigenvalue weighted by molar-refractivity contribution is 0.0934. The molecule has 21 heavy (non-hydrogen) atoms. The summed E-state index contributed by atoms with van der Waals surface area (Å²) in [6, 6.07) is 11.4. The molecule has 110 valence electrons. The number of hydrogen-bond donors (Lipinski definition) is 2. The van der Waals surface area contributed by atoms with E-state index in [1.165, 1.54) is 5.56 Å². The Morgan fingerprint density at radius 3 is 2.43 bits per heavy atom. The molecular weight excluding hydrogens is 264 g/mol. The van der Waals surface area contributed by atoms with E-state index in [4.69, 9.17) is 0 Å². The van der Waals surface area contributed by atoms with Crippen molar-refractivity contribution in [3.05, 3.63) is 53.2 Å². The predicted molar refractivity (Wildman–Crippen MR) is 83.3 cm³/mol. The number of aromatic nitrogens is 2. The first kappa shape index (κ1) is 15.0. The number of amides is 1. The first-order valence-electron chi connectivity index (χ1n) is 7.05. The fraction of sp³-hybridized carbons (Fsp3) is 0.312.